The number of methoxy groups -OCH3 is 1. The van der Waals surface area contributed by atoms with Crippen LogP contribution in [0.1, 0.15) is 46.6 Å². The van der Waals surface area contributed by atoms with Gasteiger partial charge in [0.05, 0.1) is 24.9 Å². The van der Waals surface area contributed by atoms with Crippen LogP contribution in [0.2, 0.25) is 0 Å². The quantitative estimate of drug-likeness (QED) is 0.442. The summed E-state index contributed by atoms with van der Waals surface area (Å²) in [5.41, 5.74) is 3.77. The molecule has 0 saturated carbocycles. The summed E-state index contributed by atoms with van der Waals surface area (Å²) in [6.45, 7) is 4.18. The second kappa shape index (κ2) is 8.97. The first kappa shape index (κ1) is 20.6. The second-order valence-electron chi connectivity index (χ2n) is 7.63. The molecule has 1 aromatic carbocycles. The van der Waals surface area contributed by atoms with E-state index in [1.807, 2.05) is 23.2 Å². The summed E-state index contributed by atoms with van der Waals surface area (Å²) in [4.78, 5) is 31.5. The van der Waals surface area contributed by atoms with Gasteiger partial charge in [0.15, 0.2) is 4.96 Å². The normalized spacial score (nSPS) is 16.5. The summed E-state index contributed by atoms with van der Waals surface area (Å²) >= 11 is 1.63. The van der Waals surface area contributed by atoms with Gasteiger partial charge < -0.3 is 15.0 Å². The first-order valence-corrected chi connectivity index (χ1v) is 11.0. The van der Waals surface area contributed by atoms with Crippen molar-refractivity contribution >= 4 is 28.2 Å². The highest BCUT2D eigenvalue weighted by atomic mass is 32.1. The minimum atomic E-state index is -0.326. The highest BCUT2D eigenvalue weighted by Crippen LogP contribution is 2.24. The molecule has 0 radical (unpaired) electrons. The molecule has 30 heavy (non-hydrogen) atoms. The number of thiazole rings is 1. The molecule has 1 aliphatic heterocycles. The zero-order chi connectivity index (χ0) is 21.1. The minimum Gasteiger partial charge on any atom is -0.465 e. The number of amides is 1. The lowest BCUT2D eigenvalue weighted by Gasteiger charge is -2.24. The van der Waals surface area contributed by atoms with Crippen molar-refractivity contribution in [2.24, 2.45) is 0 Å². The third-order valence-electron chi connectivity index (χ3n) is 5.58. The van der Waals surface area contributed by atoms with Crippen molar-refractivity contribution in [2.45, 2.75) is 45.3 Å². The van der Waals surface area contributed by atoms with E-state index in [2.05, 4.69) is 27.0 Å². The van der Waals surface area contributed by atoms with Gasteiger partial charge in [-0.05, 0) is 44.0 Å². The van der Waals surface area contributed by atoms with Gasteiger partial charge in [0.2, 0.25) is 5.91 Å². The first-order chi connectivity index (χ1) is 14.5. The van der Waals surface area contributed by atoms with E-state index in [4.69, 9.17) is 4.74 Å². The van der Waals surface area contributed by atoms with Crippen molar-refractivity contribution in [2.75, 3.05) is 13.7 Å². The van der Waals surface area contributed by atoms with Gasteiger partial charge >= 0.3 is 5.97 Å². The molecule has 1 N–H and O–H groups in total. The van der Waals surface area contributed by atoms with Gasteiger partial charge in [0.25, 0.3) is 0 Å². The number of rotatable bonds is 8. The van der Waals surface area contributed by atoms with Gasteiger partial charge in [-0.1, -0.05) is 12.1 Å². The number of imidazole rings is 1. The number of aromatic nitrogens is 2. The van der Waals surface area contributed by atoms with Crippen LogP contribution in [-0.2, 0) is 22.6 Å². The first-order valence-electron chi connectivity index (χ1n) is 10.1. The molecule has 0 bridgehead atoms. The van der Waals surface area contributed by atoms with Gasteiger partial charge in [-0.3, -0.25) is 9.20 Å². The molecular formula is C22H26N4O3S. The number of ether oxygens (including phenoxy) is 1. The molecule has 158 valence electrons. The van der Waals surface area contributed by atoms with Crippen LogP contribution in [0.25, 0.3) is 4.96 Å². The summed E-state index contributed by atoms with van der Waals surface area (Å²) < 4.78 is 6.81. The van der Waals surface area contributed by atoms with Crippen LogP contribution in [0.15, 0.2) is 35.8 Å². The Balaban J connectivity index is 1.28. The maximum absolute atomic E-state index is 12.4. The molecule has 4 rings (SSSR count). The Morgan fingerprint density at radius 3 is 2.87 bits per heavy atom. The topological polar surface area (TPSA) is 75.9 Å². The van der Waals surface area contributed by atoms with E-state index in [1.54, 1.807) is 23.5 Å². The number of fused-ring (bicyclic) bond motifs is 1. The molecule has 0 spiro atoms. The Kier molecular flexibility index (Phi) is 6.15. The lowest BCUT2D eigenvalue weighted by Crippen LogP contribution is -2.34. The fourth-order valence-corrected chi connectivity index (χ4v) is 4.75. The predicted molar refractivity (Wildman–Crippen MR) is 115 cm³/mol. The van der Waals surface area contributed by atoms with Gasteiger partial charge in [-0.15, -0.1) is 11.3 Å². The predicted octanol–water partition coefficient (Wildman–Crippen LogP) is 3.16. The minimum absolute atomic E-state index is 0.214. The molecule has 3 heterocycles. The van der Waals surface area contributed by atoms with Crippen LogP contribution >= 0.6 is 11.3 Å². The molecule has 8 heteroatoms. The number of nitrogens with one attached hydrogen (secondary N) is 1. The monoisotopic (exact) mass is 426 g/mol. The highest BCUT2D eigenvalue weighted by Gasteiger charge is 2.31. The Labute approximate surface area is 179 Å². The summed E-state index contributed by atoms with van der Waals surface area (Å²) in [5.74, 6) is -0.111. The fourth-order valence-electron chi connectivity index (χ4n) is 3.88. The molecule has 1 atom stereocenters. The Bertz CT molecular complexity index is 1040. The van der Waals surface area contributed by atoms with Gasteiger partial charge in [0, 0.05) is 36.3 Å². The smallest absolute Gasteiger partial charge is 0.337 e. The van der Waals surface area contributed by atoms with Crippen LogP contribution in [0.3, 0.4) is 0 Å². The highest BCUT2D eigenvalue weighted by molar-refractivity contribution is 7.15. The van der Waals surface area contributed by atoms with E-state index < -0.39 is 0 Å². The van der Waals surface area contributed by atoms with Crippen LogP contribution in [0, 0.1) is 6.92 Å². The number of hydrogen-bond acceptors (Lipinski definition) is 6. The van der Waals surface area contributed by atoms with Crippen LogP contribution in [0.4, 0.5) is 0 Å². The summed E-state index contributed by atoms with van der Waals surface area (Å²) in [6.07, 6.45) is 4.46. The van der Waals surface area contributed by atoms with Crippen molar-refractivity contribution in [3.05, 3.63) is 58.4 Å². The van der Waals surface area contributed by atoms with E-state index in [0.29, 0.717) is 18.5 Å². The van der Waals surface area contributed by atoms with Gasteiger partial charge in [-0.25, -0.2) is 9.78 Å². The zero-order valence-corrected chi connectivity index (χ0v) is 18.1. The number of hydrogen-bond donors (Lipinski definition) is 1. The molecule has 7 nitrogen and oxygen atoms in total. The number of carbonyl (C=O) groups excluding carboxylic acids is 2. The van der Waals surface area contributed by atoms with Crippen molar-refractivity contribution in [3.63, 3.8) is 0 Å². The SMILES string of the molecule is COC(=O)c1ccc(CNCC[C@H]2CCC(=O)N2Cc2cn3c(C)csc3n2)cc1. The number of likely N-dealkylation sites (tertiary alicyclic amines) is 1. The fraction of sp³-hybridized carbons (Fsp3) is 0.409. The van der Waals surface area contributed by atoms with Crippen LogP contribution in [-0.4, -0.2) is 45.9 Å². The number of nitrogens with zero attached hydrogens (tertiary/aromatic N) is 3. The maximum atomic E-state index is 12.4. The van der Waals surface area contributed by atoms with Crippen molar-refractivity contribution < 1.29 is 14.3 Å². The van der Waals surface area contributed by atoms with Crippen LogP contribution < -0.4 is 5.32 Å². The third-order valence-corrected chi connectivity index (χ3v) is 6.54. The van der Waals surface area contributed by atoms with Crippen molar-refractivity contribution in [3.8, 4) is 0 Å². The Hall–Kier alpha value is -2.71. The van der Waals surface area contributed by atoms with Crippen molar-refractivity contribution in [1.29, 1.82) is 0 Å². The Morgan fingerprint density at radius 1 is 1.33 bits per heavy atom. The average molecular weight is 427 g/mol. The summed E-state index contributed by atoms with van der Waals surface area (Å²) in [5, 5.41) is 5.53. The molecule has 0 unspecified atom stereocenters. The number of aryl methyl sites for hydroxylation is 1. The van der Waals surface area contributed by atoms with E-state index >= 15 is 0 Å². The molecule has 1 amide bonds. The van der Waals surface area contributed by atoms with E-state index in [1.165, 1.54) is 12.8 Å². The zero-order valence-electron chi connectivity index (χ0n) is 17.3. The van der Waals surface area contributed by atoms with Crippen LogP contribution in [0.5, 0.6) is 0 Å². The molecule has 1 aliphatic rings. The standard InChI is InChI=1S/C22H26N4O3S/c1-15-14-30-22-24-18(12-25(15)22)13-26-19(7-8-20(26)27)9-10-23-11-16-3-5-17(6-4-16)21(28)29-2/h3-6,12,14,19,23H,7-11,13H2,1-2H3/t19-/m1/s1. The largest absolute Gasteiger partial charge is 0.465 e. The lowest BCUT2D eigenvalue weighted by atomic mass is 10.1. The van der Waals surface area contributed by atoms with E-state index in [-0.39, 0.29) is 17.9 Å². The number of esters is 1. The molecule has 1 fully saturated rings. The molecule has 1 saturated heterocycles. The lowest BCUT2D eigenvalue weighted by molar-refractivity contribution is -0.129. The Morgan fingerprint density at radius 2 is 2.13 bits per heavy atom. The second-order valence-corrected chi connectivity index (χ2v) is 8.47. The van der Waals surface area contributed by atoms with E-state index in [0.717, 1.165) is 42.1 Å². The molecule has 0 aliphatic carbocycles. The molecule has 2 aromatic heterocycles. The maximum Gasteiger partial charge on any atom is 0.337 e. The number of benzene rings is 1. The molecular weight excluding hydrogens is 400 g/mol. The summed E-state index contributed by atoms with van der Waals surface area (Å²) in [7, 11) is 1.38. The number of carbonyl (C=O) groups is 2. The van der Waals surface area contributed by atoms with E-state index in [9.17, 15) is 9.59 Å². The third kappa shape index (κ3) is 4.39. The van der Waals surface area contributed by atoms with Gasteiger partial charge in [-0.2, -0.15) is 0 Å². The molecule has 3 aromatic rings. The average Bonchev–Trinajstić information content (AvgIpc) is 3.42. The summed E-state index contributed by atoms with van der Waals surface area (Å²) in [6, 6.07) is 7.65. The van der Waals surface area contributed by atoms with Crippen molar-refractivity contribution in [1.82, 2.24) is 19.6 Å². The van der Waals surface area contributed by atoms with Gasteiger partial charge in [0.1, 0.15) is 0 Å².